The van der Waals surface area contributed by atoms with Crippen LogP contribution in [-0.4, -0.2) is 31.0 Å². The smallest absolute Gasteiger partial charge is 0.306 e. The van der Waals surface area contributed by atoms with Crippen molar-refractivity contribution in [2.24, 2.45) is 0 Å². The Hall–Kier alpha value is -0.220. The molecule has 58 valence electrons. The molecule has 0 aromatic rings. The van der Waals surface area contributed by atoms with E-state index in [0.717, 1.165) is 6.61 Å². The number of carbonyl (C=O) groups is 1. The molecule has 0 aromatic carbocycles. The first-order valence-corrected chi connectivity index (χ1v) is 3.84. The van der Waals surface area contributed by atoms with Crippen LogP contribution >= 0.6 is 12.6 Å². The number of ether oxygens (including phenoxy) is 2. The summed E-state index contributed by atoms with van der Waals surface area (Å²) in [6.07, 6.45) is 0.555. The zero-order valence-electron chi connectivity index (χ0n) is 5.58. The Bertz CT molecular complexity index is 122. The second-order valence-corrected chi connectivity index (χ2v) is 2.56. The van der Waals surface area contributed by atoms with Gasteiger partial charge in [0.1, 0.15) is 12.7 Å². The Morgan fingerprint density at radius 2 is 2.50 bits per heavy atom. The normalized spacial score (nSPS) is 22.3. The largest absolute Gasteiger partial charge is 0.463 e. The van der Waals surface area contributed by atoms with E-state index in [0.29, 0.717) is 18.8 Å². The van der Waals surface area contributed by atoms with Crippen LogP contribution in [0, 0.1) is 0 Å². The van der Waals surface area contributed by atoms with E-state index in [1.54, 1.807) is 0 Å². The molecule has 0 bridgehead atoms. The van der Waals surface area contributed by atoms with Crippen LogP contribution in [0.1, 0.15) is 6.42 Å². The van der Waals surface area contributed by atoms with Gasteiger partial charge in [-0.3, -0.25) is 4.79 Å². The highest BCUT2D eigenvalue weighted by Crippen LogP contribution is 2.08. The molecule has 1 saturated heterocycles. The van der Waals surface area contributed by atoms with Crippen molar-refractivity contribution in [1.29, 1.82) is 0 Å². The van der Waals surface area contributed by atoms with Crippen LogP contribution < -0.4 is 0 Å². The van der Waals surface area contributed by atoms with Crippen LogP contribution in [0.4, 0.5) is 0 Å². The summed E-state index contributed by atoms with van der Waals surface area (Å²) in [5.74, 6) is 0.357. The number of carbonyl (C=O) groups excluding carboxylic acids is 1. The molecular weight excluding hydrogens is 152 g/mol. The lowest BCUT2D eigenvalue weighted by molar-refractivity contribution is -0.143. The average Bonchev–Trinajstić information content (AvgIpc) is 2.67. The van der Waals surface area contributed by atoms with Crippen molar-refractivity contribution in [1.82, 2.24) is 0 Å². The molecule has 0 spiro atoms. The second kappa shape index (κ2) is 3.83. The lowest BCUT2D eigenvalue weighted by Gasteiger charge is -1.98. The van der Waals surface area contributed by atoms with E-state index in [-0.39, 0.29) is 12.1 Å². The molecule has 1 heterocycles. The van der Waals surface area contributed by atoms with E-state index in [1.807, 2.05) is 0 Å². The maximum atomic E-state index is 10.6. The number of thiol groups is 1. The Kier molecular flexibility index (Phi) is 3.02. The summed E-state index contributed by atoms with van der Waals surface area (Å²) in [6, 6.07) is 0. The summed E-state index contributed by atoms with van der Waals surface area (Å²) in [5, 5.41) is 0. The lowest BCUT2D eigenvalue weighted by Crippen LogP contribution is -2.09. The monoisotopic (exact) mass is 162 g/mol. The third-order valence-corrected chi connectivity index (χ3v) is 1.37. The first-order chi connectivity index (χ1) is 4.83. The molecule has 1 aliphatic rings. The van der Waals surface area contributed by atoms with Crippen LogP contribution in [0.2, 0.25) is 0 Å². The van der Waals surface area contributed by atoms with Gasteiger partial charge in [-0.1, -0.05) is 0 Å². The molecule has 1 atom stereocenters. The van der Waals surface area contributed by atoms with Gasteiger partial charge in [-0.05, 0) is 0 Å². The van der Waals surface area contributed by atoms with E-state index in [2.05, 4.69) is 12.6 Å². The van der Waals surface area contributed by atoms with E-state index in [1.165, 1.54) is 0 Å². The van der Waals surface area contributed by atoms with E-state index in [4.69, 9.17) is 9.47 Å². The summed E-state index contributed by atoms with van der Waals surface area (Å²) in [6.45, 7) is 1.14. The third-order valence-electron chi connectivity index (χ3n) is 1.15. The number of epoxide rings is 1. The van der Waals surface area contributed by atoms with E-state index in [9.17, 15) is 4.79 Å². The molecule has 0 saturated carbocycles. The van der Waals surface area contributed by atoms with Crippen molar-refractivity contribution in [2.45, 2.75) is 12.5 Å². The first kappa shape index (κ1) is 7.88. The molecule has 4 heteroatoms. The zero-order valence-corrected chi connectivity index (χ0v) is 6.47. The second-order valence-electron chi connectivity index (χ2n) is 2.11. The quantitative estimate of drug-likeness (QED) is 0.366. The highest BCUT2D eigenvalue weighted by molar-refractivity contribution is 7.80. The number of esters is 1. The van der Waals surface area contributed by atoms with Gasteiger partial charge in [0.25, 0.3) is 0 Å². The fraction of sp³-hybridized carbons (Fsp3) is 0.833. The molecule has 0 aliphatic carbocycles. The molecule has 1 unspecified atom stereocenters. The maximum absolute atomic E-state index is 10.6. The van der Waals surface area contributed by atoms with Gasteiger partial charge in [0.05, 0.1) is 13.0 Å². The van der Waals surface area contributed by atoms with Crippen LogP contribution in [-0.2, 0) is 14.3 Å². The topological polar surface area (TPSA) is 38.8 Å². The van der Waals surface area contributed by atoms with Gasteiger partial charge in [0.2, 0.25) is 0 Å². The number of rotatable bonds is 4. The molecule has 3 nitrogen and oxygen atoms in total. The van der Waals surface area contributed by atoms with Crippen LogP contribution in [0.25, 0.3) is 0 Å². The summed E-state index contributed by atoms with van der Waals surface area (Å²) in [7, 11) is 0. The highest BCUT2D eigenvalue weighted by atomic mass is 32.1. The Balaban J connectivity index is 1.94. The Labute approximate surface area is 65.1 Å². The predicted molar refractivity (Wildman–Crippen MR) is 39.2 cm³/mol. The zero-order chi connectivity index (χ0) is 7.40. The van der Waals surface area contributed by atoms with Crippen molar-refractivity contribution in [3.8, 4) is 0 Å². The number of hydrogen-bond acceptors (Lipinski definition) is 4. The van der Waals surface area contributed by atoms with Gasteiger partial charge in [-0.2, -0.15) is 12.6 Å². The molecule has 1 aliphatic heterocycles. The van der Waals surface area contributed by atoms with Crippen molar-refractivity contribution in [3.05, 3.63) is 0 Å². The summed E-state index contributed by atoms with van der Waals surface area (Å²) in [4.78, 5) is 10.6. The molecular formula is C6H10O3S. The molecule has 1 rings (SSSR count). The van der Waals surface area contributed by atoms with E-state index < -0.39 is 0 Å². The van der Waals surface area contributed by atoms with Gasteiger partial charge in [0.15, 0.2) is 0 Å². The minimum atomic E-state index is -0.189. The van der Waals surface area contributed by atoms with Gasteiger partial charge in [0, 0.05) is 5.75 Å². The molecule has 0 amide bonds. The lowest BCUT2D eigenvalue weighted by atomic mass is 10.5. The fourth-order valence-corrected chi connectivity index (χ4v) is 0.696. The first-order valence-electron chi connectivity index (χ1n) is 3.21. The van der Waals surface area contributed by atoms with Crippen molar-refractivity contribution >= 4 is 18.6 Å². The minimum absolute atomic E-state index is 0.170. The summed E-state index contributed by atoms with van der Waals surface area (Å²) >= 11 is 3.89. The Morgan fingerprint density at radius 1 is 1.80 bits per heavy atom. The minimum Gasteiger partial charge on any atom is -0.463 e. The molecule has 0 N–H and O–H groups in total. The molecule has 0 aromatic heterocycles. The van der Waals surface area contributed by atoms with Crippen LogP contribution in [0.3, 0.4) is 0 Å². The van der Waals surface area contributed by atoms with Gasteiger partial charge >= 0.3 is 5.97 Å². The third kappa shape index (κ3) is 3.08. The van der Waals surface area contributed by atoms with Crippen molar-refractivity contribution in [2.75, 3.05) is 19.0 Å². The number of hydrogen-bond donors (Lipinski definition) is 1. The highest BCUT2D eigenvalue weighted by Gasteiger charge is 2.23. The fourth-order valence-electron chi connectivity index (χ4n) is 0.514. The standard InChI is InChI=1S/C6H10O3S/c7-6(1-2-10)9-4-5-3-8-5/h5,10H,1-4H2. The van der Waals surface area contributed by atoms with Gasteiger partial charge in [-0.25, -0.2) is 0 Å². The van der Waals surface area contributed by atoms with Crippen LogP contribution in [0.5, 0.6) is 0 Å². The molecule has 0 radical (unpaired) electrons. The van der Waals surface area contributed by atoms with Crippen molar-refractivity contribution < 1.29 is 14.3 Å². The van der Waals surface area contributed by atoms with E-state index >= 15 is 0 Å². The predicted octanol–water partition coefficient (Wildman–Crippen LogP) is 0.248. The summed E-state index contributed by atoms with van der Waals surface area (Å²) in [5.41, 5.74) is 0. The van der Waals surface area contributed by atoms with Gasteiger partial charge < -0.3 is 9.47 Å². The average molecular weight is 162 g/mol. The van der Waals surface area contributed by atoms with Gasteiger partial charge in [-0.15, -0.1) is 0 Å². The molecule has 1 fully saturated rings. The molecule has 10 heavy (non-hydrogen) atoms. The SMILES string of the molecule is O=C(CCS)OCC1CO1. The maximum Gasteiger partial charge on any atom is 0.306 e. The van der Waals surface area contributed by atoms with Crippen LogP contribution in [0.15, 0.2) is 0 Å². The summed E-state index contributed by atoms with van der Waals surface area (Å²) < 4.78 is 9.63. The van der Waals surface area contributed by atoms with Crippen molar-refractivity contribution in [3.63, 3.8) is 0 Å². The Morgan fingerprint density at radius 3 is 3.00 bits per heavy atom.